The van der Waals surface area contributed by atoms with E-state index < -0.39 is 50.4 Å². The van der Waals surface area contributed by atoms with Gasteiger partial charge >= 0.3 is 0 Å². The van der Waals surface area contributed by atoms with Crippen LogP contribution in [0.1, 0.15) is 66.2 Å². The molecule has 1 fully saturated rings. The Morgan fingerprint density at radius 3 is 1.41 bits per heavy atom. The first-order valence-corrected chi connectivity index (χ1v) is 13.0. The average molecular weight is 431 g/mol. The molecule has 8 nitrogen and oxygen atoms in total. The molecule has 0 bridgehead atoms. The third-order valence-corrected chi connectivity index (χ3v) is 5.37. The van der Waals surface area contributed by atoms with E-state index in [1.165, 1.54) is 0 Å². The van der Waals surface area contributed by atoms with E-state index in [4.69, 9.17) is 17.8 Å². The van der Waals surface area contributed by atoms with Crippen molar-refractivity contribution in [2.24, 2.45) is 0 Å². The lowest BCUT2D eigenvalue weighted by Gasteiger charge is -2.30. The maximum absolute atomic E-state index is 11.8. The van der Waals surface area contributed by atoms with Crippen molar-refractivity contribution in [3.63, 3.8) is 0 Å². The summed E-state index contributed by atoms with van der Waals surface area (Å²) in [6.07, 6.45) is 2.97. The second-order valence-electron chi connectivity index (χ2n) is 7.53. The molecule has 27 heavy (non-hydrogen) atoms. The summed E-state index contributed by atoms with van der Waals surface area (Å²) in [6, 6.07) is 0. The van der Waals surface area contributed by atoms with Crippen molar-refractivity contribution in [2.45, 2.75) is 96.4 Å². The van der Waals surface area contributed by atoms with Crippen LogP contribution in [0.4, 0.5) is 0 Å². The number of hydrogen-bond acceptors (Lipinski definition) is 8. The SMILES string of the molecule is CCCC[C@H](OS(C)(=O)=O)[C@H]1OC(C)(C)O[C@@H]1[C@H](CCCC)OS(C)(=O)=O. The maximum Gasteiger partial charge on any atom is 0.264 e. The Kier molecular flexibility index (Phi) is 9.15. The van der Waals surface area contributed by atoms with Gasteiger partial charge in [-0.3, -0.25) is 8.37 Å². The molecule has 162 valence electrons. The summed E-state index contributed by atoms with van der Waals surface area (Å²) in [5.41, 5.74) is 0. The summed E-state index contributed by atoms with van der Waals surface area (Å²) < 4.78 is 69.5. The lowest BCUT2D eigenvalue weighted by molar-refractivity contribution is -0.158. The average Bonchev–Trinajstić information content (AvgIpc) is 2.81. The monoisotopic (exact) mass is 430 g/mol. The highest BCUT2D eigenvalue weighted by Gasteiger charge is 2.50. The number of unbranched alkanes of at least 4 members (excludes halogenated alkanes) is 2. The van der Waals surface area contributed by atoms with Gasteiger partial charge in [-0.05, 0) is 26.7 Å². The summed E-state index contributed by atoms with van der Waals surface area (Å²) in [5.74, 6) is -1.01. The molecule has 0 amide bonds. The van der Waals surface area contributed by atoms with Crippen molar-refractivity contribution in [2.75, 3.05) is 12.5 Å². The standard InChI is InChI=1S/C17H34O8S2/c1-7-9-11-13(24-26(5,18)19)15-16(23-17(3,4)22-15)14(12-10-8-2)25-27(6,20)21/h13-16H,7-12H2,1-6H3/t13-,14-,15+,16+/m0/s1. The van der Waals surface area contributed by atoms with Crippen LogP contribution in [0.2, 0.25) is 0 Å². The van der Waals surface area contributed by atoms with Gasteiger partial charge in [-0.15, -0.1) is 0 Å². The smallest absolute Gasteiger partial charge is 0.264 e. The molecular weight excluding hydrogens is 396 g/mol. The van der Waals surface area contributed by atoms with Crippen molar-refractivity contribution < 1.29 is 34.7 Å². The van der Waals surface area contributed by atoms with Crippen molar-refractivity contribution in [1.29, 1.82) is 0 Å². The first kappa shape index (κ1) is 24.8. The van der Waals surface area contributed by atoms with Crippen LogP contribution >= 0.6 is 0 Å². The molecule has 0 N–H and O–H groups in total. The zero-order valence-corrected chi connectivity index (χ0v) is 18.8. The van der Waals surface area contributed by atoms with E-state index in [1.807, 2.05) is 13.8 Å². The van der Waals surface area contributed by atoms with E-state index in [2.05, 4.69) is 0 Å². The van der Waals surface area contributed by atoms with Crippen LogP contribution in [0, 0.1) is 0 Å². The Bertz CT molecular complexity index is 600. The van der Waals surface area contributed by atoms with E-state index in [0.29, 0.717) is 12.8 Å². The van der Waals surface area contributed by atoms with Crippen LogP contribution in [-0.2, 0) is 38.1 Å². The Morgan fingerprint density at radius 2 is 1.15 bits per heavy atom. The molecule has 0 radical (unpaired) electrons. The van der Waals surface area contributed by atoms with Crippen molar-refractivity contribution in [3.8, 4) is 0 Å². The summed E-state index contributed by atoms with van der Waals surface area (Å²) in [4.78, 5) is 0. The van der Waals surface area contributed by atoms with Gasteiger partial charge in [-0.25, -0.2) is 0 Å². The molecule has 0 unspecified atom stereocenters. The van der Waals surface area contributed by atoms with Crippen LogP contribution in [0.5, 0.6) is 0 Å². The Morgan fingerprint density at radius 1 is 0.815 bits per heavy atom. The van der Waals surface area contributed by atoms with Gasteiger partial charge in [0, 0.05) is 0 Å². The number of ether oxygens (including phenoxy) is 2. The molecule has 0 aromatic rings. The van der Waals surface area contributed by atoms with Crippen LogP contribution in [-0.4, -0.2) is 59.6 Å². The fraction of sp³-hybridized carbons (Fsp3) is 1.00. The third-order valence-electron chi connectivity index (χ3n) is 4.18. The van der Waals surface area contributed by atoms with Gasteiger partial charge in [0.2, 0.25) is 0 Å². The predicted octanol–water partition coefficient (Wildman–Crippen LogP) is 2.58. The Balaban J connectivity index is 3.19. The van der Waals surface area contributed by atoms with Gasteiger partial charge < -0.3 is 9.47 Å². The van der Waals surface area contributed by atoms with E-state index in [9.17, 15) is 16.8 Å². The van der Waals surface area contributed by atoms with Gasteiger partial charge in [0.1, 0.15) is 24.4 Å². The first-order chi connectivity index (χ1) is 12.3. The molecule has 0 aliphatic carbocycles. The lowest BCUT2D eigenvalue weighted by Crippen LogP contribution is -2.45. The molecule has 1 aliphatic rings. The Hall–Kier alpha value is -0.260. The molecule has 0 spiro atoms. The summed E-state index contributed by atoms with van der Waals surface area (Å²) in [6.45, 7) is 7.38. The van der Waals surface area contributed by atoms with Gasteiger partial charge in [0.25, 0.3) is 20.2 Å². The second kappa shape index (κ2) is 9.98. The van der Waals surface area contributed by atoms with Crippen molar-refractivity contribution >= 4 is 20.2 Å². The molecule has 1 rings (SSSR count). The van der Waals surface area contributed by atoms with Crippen LogP contribution < -0.4 is 0 Å². The topological polar surface area (TPSA) is 105 Å². The zero-order valence-electron chi connectivity index (χ0n) is 17.1. The number of hydrogen-bond donors (Lipinski definition) is 0. The predicted molar refractivity (Wildman–Crippen MR) is 102 cm³/mol. The highest BCUT2D eigenvalue weighted by Crippen LogP contribution is 2.36. The minimum Gasteiger partial charge on any atom is -0.342 e. The lowest BCUT2D eigenvalue weighted by atomic mass is 9.96. The van der Waals surface area contributed by atoms with Gasteiger partial charge in [-0.2, -0.15) is 16.8 Å². The zero-order chi connectivity index (χ0) is 20.9. The second-order valence-corrected chi connectivity index (χ2v) is 10.7. The van der Waals surface area contributed by atoms with Gasteiger partial charge in [0.05, 0.1) is 12.5 Å². The number of rotatable bonds is 12. The minimum absolute atomic E-state index is 0.448. The molecule has 1 heterocycles. The van der Waals surface area contributed by atoms with Gasteiger partial charge in [-0.1, -0.05) is 39.5 Å². The summed E-state index contributed by atoms with van der Waals surface area (Å²) in [5, 5.41) is 0. The van der Waals surface area contributed by atoms with Crippen molar-refractivity contribution in [1.82, 2.24) is 0 Å². The maximum atomic E-state index is 11.8. The molecule has 1 aliphatic heterocycles. The van der Waals surface area contributed by atoms with Gasteiger partial charge in [0.15, 0.2) is 5.79 Å². The first-order valence-electron chi connectivity index (χ1n) is 9.40. The van der Waals surface area contributed by atoms with E-state index in [0.717, 1.165) is 38.2 Å². The largest absolute Gasteiger partial charge is 0.342 e. The molecule has 0 aromatic heterocycles. The summed E-state index contributed by atoms with van der Waals surface area (Å²) >= 11 is 0. The molecule has 0 saturated carbocycles. The molecule has 4 atom stereocenters. The summed E-state index contributed by atoms with van der Waals surface area (Å²) in [7, 11) is -7.45. The highest BCUT2D eigenvalue weighted by atomic mass is 32.2. The van der Waals surface area contributed by atoms with Crippen LogP contribution in [0.3, 0.4) is 0 Å². The van der Waals surface area contributed by atoms with E-state index in [1.54, 1.807) is 13.8 Å². The minimum atomic E-state index is -3.72. The molecular formula is C17H34O8S2. The van der Waals surface area contributed by atoms with E-state index >= 15 is 0 Å². The molecule has 0 aromatic carbocycles. The fourth-order valence-electron chi connectivity index (χ4n) is 3.19. The normalized spacial score (nSPS) is 25.4. The fourth-order valence-corrected chi connectivity index (χ4v) is 4.50. The Labute approximate surface area is 164 Å². The molecule has 1 saturated heterocycles. The molecule has 10 heteroatoms. The highest BCUT2D eigenvalue weighted by molar-refractivity contribution is 7.86. The van der Waals surface area contributed by atoms with Crippen LogP contribution in [0.25, 0.3) is 0 Å². The quantitative estimate of drug-likeness (QED) is 0.435. The van der Waals surface area contributed by atoms with E-state index in [-0.39, 0.29) is 0 Å². The van der Waals surface area contributed by atoms with Crippen LogP contribution in [0.15, 0.2) is 0 Å². The van der Waals surface area contributed by atoms with Crippen molar-refractivity contribution in [3.05, 3.63) is 0 Å². The third kappa shape index (κ3) is 9.19.